The van der Waals surface area contributed by atoms with Crippen molar-refractivity contribution in [3.05, 3.63) is 35.4 Å². The van der Waals surface area contributed by atoms with E-state index in [2.05, 4.69) is 35.1 Å². The van der Waals surface area contributed by atoms with Crippen LogP contribution in [0.15, 0.2) is 29.3 Å². The second-order valence-corrected chi connectivity index (χ2v) is 3.88. The Kier molecular flexibility index (Phi) is 2.95. The quantitative estimate of drug-likeness (QED) is 0.538. The first-order valence-electron chi connectivity index (χ1n) is 5.14. The maximum Gasteiger partial charge on any atom is 0.235 e. The predicted octanol–water partition coefficient (Wildman–Crippen LogP) is 1.55. The van der Waals surface area contributed by atoms with Crippen LogP contribution in [0.5, 0.6) is 0 Å². The largest absolute Gasteiger partial charge is 0.297 e. The predicted molar refractivity (Wildman–Crippen MR) is 58.5 cm³/mol. The smallest absolute Gasteiger partial charge is 0.235 e. The first-order chi connectivity index (χ1) is 7.33. The number of isocyanates is 1. The van der Waals surface area contributed by atoms with Gasteiger partial charge in [-0.1, -0.05) is 24.3 Å². The number of aliphatic imine (C=N–C) groups is 1. The summed E-state index contributed by atoms with van der Waals surface area (Å²) in [4.78, 5) is 16.1. The molecule has 3 nitrogen and oxygen atoms in total. The Hall–Kier alpha value is -1.44. The molecular weight excluding hydrogens is 188 g/mol. The fourth-order valence-corrected chi connectivity index (χ4v) is 2.14. The average molecular weight is 202 g/mol. The number of likely N-dealkylation sites (N-methyl/N-ethyl adjacent to an activating group) is 1. The molecular formula is C12H14N2O. The van der Waals surface area contributed by atoms with Gasteiger partial charge in [-0.25, -0.2) is 9.79 Å². The van der Waals surface area contributed by atoms with Gasteiger partial charge < -0.3 is 0 Å². The van der Waals surface area contributed by atoms with Gasteiger partial charge in [0.15, 0.2) is 0 Å². The maximum absolute atomic E-state index is 10.2. The second kappa shape index (κ2) is 4.39. The summed E-state index contributed by atoms with van der Waals surface area (Å²) >= 11 is 0. The Morgan fingerprint density at radius 3 is 3.13 bits per heavy atom. The molecule has 0 radical (unpaired) electrons. The molecule has 0 bridgehead atoms. The van der Waals surface area contributed by atoms with Crippen molar-refractivity contribution >= 4 is 6.08 Å². The van der Waals surface area contributed by atoms with Gasteiger partial charge in [0.05, 0.1) is 12.6 Å². The minimum atomic E-state index is 0.233. The van der Waals surface area contributed by atoms with Crippen LogP contribution in [0.25, 0.3) is 0 Å². The summed E-state index contributed by atoms with van der Waals surface area (Å²) in [6.45, 7) is 1.53. The molecule has 0 amide bonds. The monoisotopic (exact) mass is 202 g/mol. The molecule has 0 aliphatic carbocycles. The van der Waals surface area contributed by atoms with Crippen LogP contribution in [0, 0.1) is 0 Å². The van der Waals surface area contributed by atoms with E-state index in [1.807, 2.05) is 6.07 Å². The normalized spacial score (nSPS) is 20.5. The van der Waals surface area contributed by atoms with Gasteiger partial charge in [-0.15, -0.1) is 0 Å². The Morgan fingerprint density at radius 1 is 1.53 bits per heavy atom. The van der Waals surface area contributed by atoms with Gasteiger partial charge in [0.1, 0.15) is 0 Å². The van der Waals surface area contributed by atoms with E-state index in [1.165, 1.54) is 11.1 Å². The van der Waals surface area contributed by atoms with E-state index in [0.29, 0.717) is 6.54 Å². The molecule has 15 heavy (non-hydrogen) atoms. The minimum Gasteiger partial charge on any atom is -0.297 e. The number of hydrogen-bond donors (Lipinski definition) is 0. The van der Waals surface area contributed by atoms with Crippen molar-refractivity contribution in [1.82, 2.24) is 4.90 Å². The lowest BCUT2D eigenvalue weighted by atomic mass is 9.93. The van der Waals surface area contributed by atoms with Crippen LogP contribution in [0.1, 0.15) is 17.2 Å². The Labute approximate surface area is 89.4 Å². The van der Waals surface area contributed by atoms with Crippen LogP contribution in [0.2, 0.25) is 0 Å². The zero-order valence-electron chi connectivity index (χ0n) is 8.81. The van der Waals surface area contributed by atoms with E-state index in [1.54, 1.807) is 6.08 Å². The molecule has 1 aliphatic heterocycles. The van der Waals surface area contributed by atoms with Gasteiger partial charge in [-0.05, 0) is 24.6 Å². The van der Waals surface area contributed by atoms with E-state index in [0.717, 1.165) is 13.0 Å². The standard InChI is InChI=1S/C12H14N2O/c1-14-7-6-10-4-2-3-5-11(10)12(14)8-13-9-15/h2-5,12H,6-8H2,1H3. The molecule has 0 saturated heterocycles. The molecule has 3 heteroatoms. The molecule has 78 valence electrons. The summed E-state index contributed by atoms with van der Waals surface area (Å²) in [7, 11) is 2.07. The summed E-state index contributed by atoms with van der Waals surface area (Å²) < 4.78 is 0. The Morgan fingerprint density at radius 2 is 2.33 bits per heavy atom. The summed E-state index contributed by atoms with van der Waals surface area (Å²) in [6.07, 6.45) is 2.69. The topological polar surface area (TPSA) is 32.7 Å². The van der Waals surface area contributed by atoms with Gasteiger partial charge >= 0.3 is 0 Å². The van der Waals surface area contributed by atoms with E-state index >= 15 is 0 Å². The third-order valence-electron chi connectivity index (χ3n) is 3.01. The second-order valence-electron chi connectivity index (χ2n) is 3.88. The molecule has 1 atom stereocenters. The number of benzene rings is 1. The highest BCUT2D eigenvalue weighted by molar-refractivity contribution is 5.35. The highest BCUT2D eigenvalue weighted by Crippen LogP contribution is 2.28. The van der Waals surface area contributed by atoms with Crippen molar-refractivity contribution in [2.45, 2.75) is 12.5 Å². The van der Waals surface area contributed by atoms with Crippen LogP contribution < -0.4 is 0 Å². The zero-order chi connectivity index (χ0) is 10.7. The summed E-state index contributed by atoms with van der Waals surface area (Å²) in [6, 6.07) is 8.60. The lowest BCUT2D eigenvalue weighted by Gasteiger charge is -2.33. The first-order valence-corrected chi connectivity index (χ1v) is 5.14. The number of hydrogen-bond acceptors (Lipinski definition) is 3. The molecule has 1 heterocycles. The third kappa shape index (κ3) is 1.99. The third-order valence-corrected chi connectivity index (χ3v) is 3.01. The van der Waals surface area contributed by atoms with Gasteiger partial charge in [0, 0.05) is 6.54 Å². The molecule has 0 saturated carbocycles. The first kappa shape index (κ1) is 10.1. The molecule has 1 aromatic carbocycles. The fraction of sp³-hybridized carbons (Fsp3) is 0.417. The van der Waals surface area contributed by atoms with Crippen LogP contribution in [-0.2, 0) is 11.2 Å². The SMILES string of the molecule is CN1CCc2ccccc2C1CN=C=O. The molecule has 0 fully saturated rings. The minimum absolute atomic E-state index is 0.233. The molecule has 1 unspecified atom stereocenters. The molecule has 0 spiro atoms. The van der Waals surface area contributed by atoms with Crippen molar-refractivity contribution in [1.29, 1.82) is 0 Å². The van der Waals surface area contributed by atoms with E-state index in [9.17, 15) is 4.79 Å². The van der Waals surface area contributed by atoms with Crippen LogP contribution in [0.3, 0.4) is 0 Å². The number of carbonyl (C=O) groups excluding carboxylic acids is 1. The van der Waals surface area contributed by atoms with Crippen molar-refractivity contribution < 1.29 is 4.79 Å². The summed E-state index contributed by atoms with van der Waals surface area (Å²) in [5.74, 6) is 0. The summed E-state index contributed by atoms with van der Waals surface area (Å²) in [5.41, 5.74) is 2.67. The van der Waals surface area contributed by atoms with Crippen LogP contribution in [-0.4, -0.2) is 31.1 Å². The number of fused-ring (bicyclic) bond motifs is 1. The molecule has 0 aromatic heterocycles. The number of rotatable bonds is 2. The van der Waals surface area contributed by atoms with Gasteiger partial charge in [0.2, 0.25) is 6.08 Å². The van der Waals surface area contributed by atoms with Crippen molar-refractivity contribution in [2.75, 3.05) is 20.1 Å². The average Bonchev–Trinajstić information content (AvgIpc) is 2.28. The highest BCUT2D eigenvalue weighted by atomic mass is 16.1. The van der Waals surface area contributed by atoms with E-state index < -0.39 is 0 Å². The lowest BCUT2D eigenvalue weighted by Crippen LogP contribution is -2.33. The summed E-state index contributed by atoms with van der Waals surface area (Å²) in [5, 5.41) is 0. The number of nitrogens with zero attached hydrogens (tertiary/aromatic N) is 2. The van der Waals surface area contributed by atoms with Crippen molar-refractivity contribution in [3.63, 3.8) is 0 Å². The van der Waals surface area contributed by atoms with E-state index in [4.69, 9.17) is 0 Å². The molecule has 1 aromatic rings. The van der Waals surface area contributed by atoms with Crippen LogP contribution >= 0.6 is 0 Å². The Balaban J connectivity index is 2.32. The molecule has 1 aliphatic rings. The van der Waals surface area contributed by atoms with Crippen molar-refractivity contribution in [3.8, 4) is 0 Å². The van der Waals surface area contributed by atoms with Crippen LogP contribution in [0.4, 0.5) is 0 Å². The van der Waals surface area contributed by atoms with Gasteiger partial charge in [-0.3, -0.25) is 4.90 Å². The Bertz CT molecular complexity index is 396. The zero-order valence-corrected chi connectivity index (χ0v) is 8.81. The highest BCUT2D eigenvalue weighted by Gasteiger charge is 2.23. The fourth-order valence-electron chi connectivity index (χ4n) is 2.14. The van der Waals surface area contributed by atoms with Gasteiger partial charge in [-0.2, -0.15) is 0 Å². The molecule has 2 rings (SSSR count). The molecule has 0 N–H and O–H groups in total. The maximum atomic E-state index is 10.2. The lowest BCUT2D eigenvalue weighted by molar-refractivity contribution is 0.237. The van der Waals surface area contributed by atoms with Gasteiger partial charge in [0.25, 0.3) is 0 Å². The van der Waals surface area contributed by atoms with Crippen molar-refractivity contribution in [2.24, 2.45) is 4.99 Å². The van der Waals surface area contributed by atoms with E-state index in [-0.39, 0.29) is 6.04 Å².